The first kappa shape index (κ1) is 15.9. The van der Waals surface area contributed by atoms with E-state index in [2.05, 4.69) is 11.8 Å². The Bertz CT molecular complexity index is 754. The minimum absolute atomic E-state index is 0.0371. The Balaban J connectivity index is 1.51. The van der Waals surface area contributed by atoms with Gasteiger partial charge in [-0.2, -0.15) is 0 Å². The third-order valence-corrected chi connectivity index (χ3v) is 5.30. The lowest BCUT2D eigenvalue weighted by molar-refractivity contribution is 0.0119. The molecule has 24 heavy (non-hydrogen) atoms. The van der Waals surface area contributed by atoms with Crippen LogP contribution in [0.4, 0.5) is 0 Å². The first-order chi connectivity index (χ1) is 11.6. The van der Waals surface area contributed by atoms with Gasteiger partial charge in [0.25, 0.3) is 5.91 Å². The van der Waals surface area contributed by atoms with Gasteiger partial charge in [0.15, 0.2) is 5.76 Å². The van der Waals surface area contributed by atoms with Crippen molar-refractivity contribution >= 4 is 28.5 Å². The minimum Gasteiger partial charge on any atom is -0.451 e. The lowest BCUT2D eigenvalue weighted by Crippen LogP contribution is -2.47. The van der Waals surface area contributed by atoms with Crippen molar-refractivity contribution in [2.75, 3.05) is 39.4 Å². The number of morpholine rings is 1. The van der Waals surface area contributed by atoms with Crippen molar-refractivity contribution in [2.24, 2.45) is 5.92 Å². The van der Waals surface area contributed by atoms with Crippen molar-refractivity contribution in [1.29, 1.82) is 0 Å². The number of hydrogen-bond donors (Lipinski definition) is 0. The summed E-state index contributed by atoms with van der Waals surface area (Å²) in [5.74, 6) is 0.804. The molecule has 0 unspecified atom stereocenters. The highest BCUT2D eigenvalue weighted by atomic mass is 35.5. The summed E-state index contributed by atoms with van der Waals surface area (Å²) in [5, 5.41) is 1.51. The third-order valence-electron chi connectivity index (χ3n) is 5.06. The Kier molecular flexibility index (Phi) is 4.24. The van der Waals surface area contributed by atoms with E-state index in [1.54, 1.807) is 18.2 Å². The molecular weight excluding hydrogens is 328 g/mol. The zero-order chi connectivity index (χ0) is 16.7. The van der Waals surface area contributed by atoms with Crippen LogP contribution in [0.2, 0.25) is 5.02 Å². The third kappa shape index (κ3) is 2.92. The molecule has 0 radical (unpaired) electrons. The number of furan rings is 1. The maximum atomic E-state index is 12.8. The number of hydrogen-bond acceptors (Lipinski definition) is 4. The second kappa shape index (κ2) is 6.39. The number of carbonyl (C=O) groups is 1. The van der Waals surface area contributed by atoms with Gasteiger partial charge in [0.05, 0.1) is 13.2 Å². The van der Waals surface area contributed by atoms with E-state index in [1.165, 1.54) is 0 Å². The lowest BCUT2D eigenvalue weighted by atomic mass is 10.0. The van der Waals surface area contributed by atoms with E-state index in [0.29, 0.717) is 28.3 Å². The van der Waals surface area contributed by atoms with Crippen LogP contribution in [0.1, 0.15) is 17.5 Å². The first-order valence-corrected chi connectivity index (χ1v) is 8.80. The van der Waals surface area contributed by atoms with Crippen LogP contribution in [0.3, 0.4) is 0 Å². The molecule has 0 saturated carbocycles. The fourth-order valence-electron chi connectivity index (χ4n) is 3.78. The molecule has 2 saturated heterocycles. The molecule has 2 atom stereocenters. The molecular formula is C18H21ClN2O3. The monoisotopic (exact) mass is 348 g/mol. The number of carbonyl (C=O) groups excluding carboxylic acids is 1. The van der Waals surface area contributed by atoms with Crippen molar-refractivity contribution in [3.8, 4) is 0 Å². The summed E-state index contributed by atoms with van der Waals surface area (Å²) in [5.41, 5.74) is 0.694. The number of fused-ring (bicyclic) bond motifs is 1. The highest BCUT2D eigenvalue weighted by molar-refractivity contribution is 6.31. The fraction of sp³-hybridized carbons (Fsp3) is 0.500. The van der Waals surface area contributed by atoms with E-state index in [4.69, 9.17) is 20.8 Å². The topological polar surface area (TPSA) is 45.9 Å². The van der Waals surface area contributed by atoms with Crippen molar-refractivity contribution in [3.05, 3.63) is 35.0 Å². The van der Waals surface area contributed by atoms with E-state index in [1.807, 2.05) is 11.0 Å². The molecule has 3 heterocycles. The number of amides is 1. The van der Waals surface area contributed by atoms with Gasteiger partial charge in [-0.25, -0.2) is 0 Å². The smallest absolute Gasteiger partial charge is 0.289 e. The molecule has 0 N–H and O–H groups in total. The Morgan fingerprint density at radius 3 is 2.79 bits per heavy atom. The second-order valence-corrected chi connectivity index (χ2v) is 7.13. The normalized spacial score (nSPS) is 25.5. The summed E-state index contributed by atoms with van der Waals surface area (Å²) >= 11 is 6.01. The lowest BCUT2D eigenvalue weighted by Gasteiger charge is -2.33. The van der Waals surface area contributed by atoms with Gasteiger partial charge in [0.2, 0.25) is 0 Å². The predicted octanol–water partition coefficient (Wildman–Crippen LogP) is 2.88. The average Bonchev–Trinajstić information content (AvgIpc) is 3.18. The summed E-state index contributed by atoms with van der Waals surface area (Å²) in [6.07, 6.45) is 0. The van der Waals surface area contributed by atoms with Crippen molar-refractivity contribution in [2.45, 2.75) is 13.0 Å². The van der Waals surface area contributed by atoms with Gasteiger partial charge in [-0.3, -0.25) is 9.69 Å². The van der Waals surface area contributed by atoms with Gasteiger partial charge in [0.1, 0.15) is 5.58 Å². The highest BCUT2D eigenvalue weighted by Crippen LogP contribution is 2.27. The van der Waals surface area contributed by atoms with Crippen molar-refractivity contribution in [3.63, 3.8) is 0 Å². The van der Waals surface area contributed by atoms with Gasteiger partial charge in [-0.1, -0.05) is 18.5 Å². The van der Waals surface area contributed by atoms with Crippen molar-refractivity contribution < 1.29 is 13.9 Å². The van der Waals surface area contributed by atoms with Crippen LogP contribution in [0.5, 0.6) is 0 Å². The molecule has 5 nitrogen and oxygen atoms in total. The molecule has 0 bridgehead atoms. The van der Waals surface area contributed by atoms with Crippen LogP contribution >= 0.6 is 11.6 Å². The molecule has 0 spiro atoms. The molecule has 2 fully saturated rings. The second-order valence-electron chi connectivity index (χ2n) is 6.70. The predicted molar refractivity (Wildman–Crippen MR) is 92.5 cm³/mol. The molecule has 1 amide bonds. The molecule has 128 valence electrons. The van der Waals surface area contributed by atoms with Crippen LogP contribution in [0.25, 0.3) is 11.0 Å². The number of benzene rings is 1. The molecule has 2 aliphatic heterocycles. The Morgan fingerprint density at radius 1 is 1.21 bits per heavy atom. The zero-order valence-corrected chi connectivity index (χ0v) is 14.5. The van der Waals surface area contributed by atoms with Crippen LogP contribution in [-0.2, 0) is 4.74 Å². The van der Waals surface area contributed by atoms with E-state index in [0.717, 1.165) is 44.8 Å². The average molecular weight is 349 g/mol. The number of nitrogens with zero attached hydrogens (tertiary/aromatic N) is 2. The Hall–Kier alpha value is -1.56. The molecule has 1 aromatic heterocycles. The maximum Gasteiger partial charge on any atom is 0.289 e. The van der Waals surface area contributed by atoms with Crippen LogP contribution in [0, 0.1) is 5.92 Å². The van der Waals surface area contributed by atoms with Gasteiger partial charge < -0.3 is 14.1 Å². The van der Waals surface area contributed by atoms with E-state index < -0.39 is 0 Å². The summed E-state index contributed by atoms with van der Waals surface area (Å²) in [6.45, 7) is 7.17. The molecule has 0 aliphatic carbocycles. The maximum absolute atomic E-state index is 12.8. The van der Waals surface area contributed by atoms with Crippen LogP contribution in [0.15, 0.2) is 28.7 Å². The number of halogens is 1. The zero-order valence-electron chi connectivity index (χ0n) is 13.7. The van der Waals surface area contributed by atoms with Crippen molar-refractivity contribution in [1.82, 2.24) is 9.80 Å². The first-order valence-electron chi connectivity index (χ1n) is 8.42. The molecule has 2 aromatic rings. The number of rotatable bonds is 2. The largest absolute Gasteiger partial charge is 0.451 e. The van der Waals surface area contributed by atoms with Gasteiger partial charge in [-0.05, 0) is 30.2 Å². The Labute approximate surface area is 146 Å². The van der Waals surface area contributed by atoms with E-state index in [9.17, 15) is 4.79 Å². The summed E-state index contributed by atoms with van der Waals surface area (Å²) in [6, 6.07) is 7.58. The fourth-order valence-corrected chi connectivity index (χ4v) is 3.96. The number of likely N-dealkylation sites (tertiary alicyclic amines) is 1. The Morgan fingerprint density at radius 2 is 2.00 bits per heavy atom. The standard InChI is InChI=1S/C18H21ClN2O3/c1-12-10-21(11-15(12)20-4-6-23-7-5-20)18(22)17-9-13-8-14(19)2-3-16(13)24-17/h2-3,8-9,12,15H,4-7,10-11H2,1H3/t12-,15-/m0/s1. The van der Waals surface area contributed by atoms with Crippen LogP contribution < -0.4 is 0 Å². The highest BCUT2D eigenvalue weighted by Gasteiger charge is 2.37. The summed E-state index contributed by atoms with van der Waals surface area (Å²) in [7, 11) is 0. The van der Waals surface area contributed by atoms with Crippen LogP contribution in [-0.4, -0.2) is 61.1 Å². The van der Waals surface area contributed by atoms with Gasteiger partial charge in [0, 0.05) is 42.6 Å². The molecule has 6 heteroatoms. The summed E-state index contributed by atoms with van der Waals surface area (Å²) in [4.78, 5) is 17.2. The number of ether oxygens (including phenoxy) is 1. The molecule has 1 aromatic carbocycles. The van der Waals surface area contributed by atoms with E-state index in [-0.39, 0.29) is 5.91 Å². The van der Waals surface area contributed by atoms with Gasteiger partial charge >= 0.3 is 0 Å². The minimum atomic E-state index is -0.0371. The van der Waals surface area contributed by atoms with E-state index >= 15 is 0 Å². The summed E-state index contributed by atoms with van der Waals surface area (Å²) < 4.78 is 11.2. The SMILES string of the molecule is C[C@H]1CN(C(=O)c2cc3cc(Cl)ccc3o2)C[C@@H]1N1CCOCC1. The quantitative estimate of drug-likeness (QED) is 0.837. The van der Waals surface area contributed by atoms with Gasteiger partial charge in [-0.15, -0.1) is 0 Å². The molecule has 2 aliphatic rings. The molecule has 4 rings (SSSR count).